The normalized spacial score (nSPS) is 10.8. The number of aryl methyl sites for hydroxylation is 2. The van der Waals surface area contributed by atoms with Crippen LogP contribution >= 0.6 is 15.9 Å². The van der Waals surface area contributed by atoms with Gasteiger partial charge in [0.2, 0.25) is 5.91 Å². The van der Waals surface area contributed by atoms with Crippen molar-refractivity contribution in [1.29, 1.82) is 0 Å². The number of ether oxygens (including phenoxy) is 1. The molecule has 1 amide bonds. The number of hydrogen-bond acceptors (Lipinski definition) is 4. The highest BCUT2D eigenvalue weighted by Gasteiger charge is 2.07. The molecule has 0 spiro atoms. The highest BCUT2D eigenvalue weighted by atomic mass is 79.9. The number of methoxy groups -OCH3 is 1. The predicted molar refractivity (Wildman–Crippen MR) is 97.7 cm³/mol. The number of hydrazone groups is 1. The third-order valence-electron chi connectivity index (χ3n) is 3.63. The fourth-order valence-corrected chi connectivity index (χ4v) is 2.58. The Kier molecular flexibility index (Phi) is 5.98. The summed E-state index contributed by atoms with van der Waals surface area (Å²) in [6.45, 7) is 4.04. The molecular weight excluding hydrogens is 372 g/mol. The van der Waals surface area contributed by atoms with Crippen molar-refractivity contribution in [2.75, 3.05) is 7.11 Å². The van der Waals surface area contributed by atoms with Gasteiger partial charge in [-0.3, -0.25) is 4.79 Å². The van der Waals surface area contributed by atoms with Gasteiger partial charge < -0.3 is 9.84 Å². The zero-order valence-corrected chi connectivity index (χ0v) is 15.3. The molecule has 0 radical (unpaired) electrons. The van der Waals surface area contributed by atoms with Crippen LogP contribution in [-0.2, 0) is 11.2 Å². The molecule has 0 saturated heterocycles. The molecule has 126 valence electrons. The lowest BCUT2D eigenvalue weighted by atomic mass is 10.0. The van der Waals surface area contributed by atoms with Gasteiger partial charge in [-0.15, -0.1) is 0 Å². The van der Waals surface area contributed by atoms with Crippen LogP contribution in [0.1, 0.15) is 22.3 Å². The van der Waals surface area contributed by atoms with E-state index >= 15 is 0 Å². The van der Waals surface area contributed by atoms with Crippen molar-refractivity contribution in [2.45, 2.75) is 20.3 Å². The molecule has 0 saturated carbocycles. The minimum absolute atomic E-state index is 0.0305. The molecule has 0 aromatic heterocycles. The molecule has 24 heavy (non-hydrogen) atoms. The molecule has 0 aliphatic rings. The molecule has 6 heteroatoms. The van der Waals surface area contributed by atoms with Crippen molar-refractivity contribution in [2.24, 2.45) is 5.10 Å². The van der Waals surface area contributed by atoms with Gasteiger partial charge in [0.1, 0.15) is 11.5 Å². The summed E-state index contributed by atoms with van der Waals surface area (Å²) in [6.07, 6.45) is 1.62. The van der Waals surface area contributed by atoms with E-state index in [4.69, 9.17) is 4.74 Å². The fourth-order valence-electron chi connectivity index (χ4n) is 2.12. The average molecular weight is 391 g/mol. The number of nitrogens with zero attached hydrogens (tertiary/aromatic N) is 1. The van der Waals surface area contributed by atoms with Gasteiger partial charge in [0.15, 0.2) is 0 Å². The monoisotopic (exact) mass is 390 g/mol. The Bertz CT molecular complexity index is 788. The number of halogens is 1. The predicted octanol–water partition coefficient (Wildman–Crippen LogP) is 3.47. The van der Waals surface area contributed by atoms with Crippen LogP contribution in [0.4, 0.5) is 0 Å². The Balaban J connectivity index is 2.02. The van der Waals surface area contributed by atoms with E-state index in [0.29, 0.717) is 15.8 Å². The summed E-state index contributed by atoms with van der Waals surface area (Å²) in [4.78, 5) is 12.0. The highest BCUT2D eigenvalue weighted by molar-refractivity contribution is 9.10. The first-order valence-electron chi connectivity index (χ1n) is 7.35. The third kappa shape index (κ3) is 4.58. The van der Waals surface area contributed by atoms with Crippen LogP contribution in [0.3, 0.4) is 0 Å². The first-order chi connectivity index (χ1) is 11.4. The largest absolute Gasteiger partial charge is 0.506 e. The quantitative estimate of drug-likeness (QED) is 0.606. The van der Waals surface area contributed by atoms with E-state index in [1.807, 2.05) is 32.0 Å². The van der Waals surface area contributed by atoms with E-state index in [2.05, 4.69) is 26.5 Å². The van der Waals surface area contributed by atoms with Gasteiger partial charge in [-0.2, -0.15) is 5.10 Å². The molecule has 0 aliphatic carbocycles. The summed E-state index contributed by atoms with van der Waals surface area (Å²) in [7, 11) is 1.53. The van der Waals surface area contributed by atoms with E-state index < -0.39 is 0 Å². The highest BCUT2D eigenvalue weighted by Crippen LogP contribution is 2.31. The summed E-state index contributed by atoms with van der Waals surface area (Å²) in [5.74, 6) is 0.376. The van der Waals surface area contributed by atoms with Gasteiger partial charge >= 0.3 is 0 Å². The topological polar surface area (TPSA) is 70.9 Å². The lowest BCUT2D eigenvalue weighted by molar-refractivity contribution is -0.120. The van der Waals surface area contributed by atoms with Crippen molar-refractivity contribution in [3.63, 3.8) is 0 Å². The first-order valence-corrected chi connectivity index (χ1v) is 8.14. The third-order valence-corrected chi connectivity index (χ3v) is 4.24. The second kappa shape index (κ2) is 7.97. The fraction of sp³-hybridized carbons (Fsp3) is 0.222. The molecule has 0 aliphatic heterocycles. The number of nitrogens with one attached hydrogen (secondary N) is 1. The number of rotatable bonds is 5. The van der Waals surface area contributed by atoms with Crippen molar-refractivity contribution >= 4 is 28.1 Å². The maximum absolute atomic E-state index is 12.0. The molecule has 0 bridgehead atoms. The zero-order valence-electron chi connectivity index (χ0n) is 13.8. The summed E-state index contributed by atoms with van der Waals surface area (Å²) >= 11 is 3.24. The number of amides is 1. The minimum atomic E-state index is -0.226. The number of phenolic OH excluding ortho intramolecular Hbond substituents is 1. The van der Waals surface area contributed by atoms with Crippen LogP contribution < -0.4 is 10.2 Å². The van der Waals surface area contributed by atoms with E-state index in [0.717, 1.165) is 11.1 Å². The molecule has 0 fully saturated rings. The number of benzene rings is 2. The van der Waals surface area contributed by atoms with Crippen molar-refractivity contribution < 1.29 is 14.6 Å². The first kappa shape index (κ1) is 18.0. The molecule has 0 unspecified atom stereocenters. The molecule has 0 heterocycles. The lowest BCUT2D eigenvalue weighted by Crippen LogP contribution is -2.19. The number of aromatic hydroxyl groups is 1. The summed E-state index contributed by atoms with van der Waals surface area (Å²) in [6, 6.07) is 9.18. The standard InChI is InChI=1S/C18H19BrN2O3/c1-11-4-5-13(6-12(11)2)7-17(22)21-20-10-14-8-15(24-3)9-16(19)18(14)23/h4-6,8-10,23H,7H2,1-3H3,(H,21,22)/b20-10-. The second-order valence-electron chi connectivity index (χ2n) is 5.44. The molecule has 2 rings (SSSR count). The van der Waals surface area contributed by atoms with Crippen LogP contribution in [0, 0.1) is 13.8 Å². The van der Waals surface area contributed by atoms with Crippen molar-refractivity contribution in [3.8, 4) is 11.5 Å². The molecular formula is C18H19BrN2O3. The van der Waals surface area contributed by atoms with Crippen LogP contribution in [-0.4, -0.2) is 24.3 Å². The Labute approximate surface area is 149 Å². The maximum atomic E-state index is 12.0. The van der Waals surface area contributed by atoms with Gasteiger partial charge in [-0.05, 0) is 58.6 Å². The van der Waals surface area contributed by atoms with E-state index in [-0.39, 0.29) is 18.1 Å². The van der Waals surface area contributed by atoms with Crippen LogP contribution in [0.5, 0.6) is 11.5 Å². The average Bonchev–Trinajstić information content (AvgIpc) is 2.54. The van der Waals surface area contributed by atoms with Gasteiger partial charge in [-0.1, -0.05) is 18.2 Å². The zero-order chi connectivity index (χ0) is 17.7. The molecule has 5 nitrogen and oxygen atoms in total. The number of phenols is 1. The number of carbonyl (C=O) groups is 1. The smallest absolute Gasteiger partial charge is 0.244 e. The minimum Gasteiger partial charge on any atom is -0.506 e. The number of hydrogen-bond donors (Lipinski definition) is 2. The molecule has 2 aromatic rings. The van der Waals surface area contributed by atoms with Crippen LogP contribution in [0.15, 0.2) is 39.9 Å². The van der Waals surface area contributed by atoms with Crippen LogP contribution in [0.2, 0.25) is 0 Å². The Morgan fingerprint density at radius 2 is 2.04 bits per heavy atom. The second-order valence-corrected chi connectivity index (χ2v) is 6.29. The summed E-state index contributed by atoms with van der Waals surface area (Å²) in [5, 5.41) is 13.9. The van der Waals surface area contributed by atoms with E-state index in [1.54, 1.807) is 12.1 Å². The van der Waals surface area contributed by atoms with Crippen molar-refractivity contribution in [1.82, 2.24) is 5.43 Å². The Hall–Kier alpha value is -2.34. The molecule has 2 aromatic carbocycles. The van der Waals surface area contributed by atoms with Gasteiger partial charge in [0, 0.05) is 5.56 Å². The number of carbonyl (C=O) groups excluding carboxylic acids is 1. The van der Waals surface area contributed by atoms with Gasteiger partial charge in [-0.25, -0.2) is 5.43 Å². The summed E-state index contributed by atoms with van der Waals surface area (Å²) in [5.41, 5.74) is 6.17. The Morgan fingerprint density at radius 1 is 1.29 bits per heavy atom. The molecule has 0 atom stereocenters. The SMILES string of the molecule is COc1cc(Br)c(O)c(/C=N\NC(=O)Cc2ccc(C)c(C)c2)c1. The maximum Gasteiger partial charge on any atom is 0.244 e. The summed E-state index contributed by atoms with van der Waals surface area (Å²) < 4.78 is 5.62. The van der Waals surface area contributed by atoms with Crippen LogP contribution in [0.25, 0.3) is 0 Å². The van der Waals surface area contributed by atoms with E-state index in [9.17, 15) is 9.90 Å². The Morgan fingerprint density at radius 3 is 2.71 bits per heavy atom. The van der Waals surface area contributed by atoms with Gasteiger partial charge in [0.05, 0.1) is 24.2 Å². The van der Waals surface area contributed by atoms with Gasteiger partial charge in [0.25, 0.3) is 0 Å². The molecule has 2 N–H and O–H groups in total. The van der Waals surface area contributed by atoms with E-state index in [1.165, 1.54) is 18.9 Å². The van der Waals surface area contributed by atoms with Crippen molar-refractivity contribution in [3.05, 3.63) is 57.1 Å². The lowest BCUT2D eigenvalue weighted by Gasteiger charge is -2.06.